The summed E-state index contributed by atoms with van der Waals surface area (Å²) in [5.41, 5.74) is 2.17. The molecule has 0 atom stereocenters. The zero-order valence-corrected chi connectivity index (χ0v) is 9.41. The molecule has 0 aromatic heterocycles. The number of amides is 1. The van der Waals surface area contributed by atoms with E-state index in [0.29, 0.717) is 6.61 Å². The number of carbonyl (C=O) groups excluding carboxylic acids is 1. The zero-order chi connectivity index (χ0) is 11.3. The molecule has 1 rings (SSSR count). The molecule has 3 nitrogen and oxygen atoms in total. The Morgan fingerprint density at radius 3 is 2.67 bits per heavy atom. The SMILES string of the molecule is Cc1ccccc1COC(=O)NC(C)C. The minimum Gasteiger partial charge on any atom is -0.445 e. The molecule has 3 heteroatoms. The maximum atomic E-state index is 11.2. The summed E-state index contributed by atoms with van der Waals surface area (Å²) in [6, 6.07) is 7.96. The molecule has 0 unspecified atom stereocenters. The van der Waals surface area contributed by atoms with Crippen LogP contribution in [0.3, 0.4) is 0 Å². The number of nitrogens with one attached hydrogen (secondary N) is 1. The number of hydrogen-bond acceptors (Lipinski definition) is 2. The van der Waals surface area contributed by atoms with Crippen LogP contribution in [0.4, 0.5) is 4.79 Å². The molecule has 0 aliphatic heterocycles. The van der Waals surface area contributed by atoms with Gasteiger partial charge >= 0.3 is 6.09 Å². The van der Waals surface area contributed by atoms with E-state index in [4.69, 9.17) is 4.74 Å². The second-order valence-corrected chi connectivity index (χ2v) is 3.80. The molecule has 0 fully saturated rings. The van der Waals surface area contributed by atoms with Crippen molar-refractivity contribution < 1.29 is 9.53 Å². The third kappa shape index (κ3) is 4.02. The van der Waals surface area contributed by atoms with Crippen LogP contribution in [0.2, 0.25) is 0 Å². The van der Waals surface area contributed by atoms with Crippen LogP contribution in [0.15, 0.2) is 24.3 Å². The molecule has 0 aliphatic rings. The molecular formula is C12H17NO2. The van der Waals surface area contributed by atoms with E-state index in [-0.39, 0.29) is 12.1 Å². The van der Waals surface area contributed by atoms with Crippen molar-refractivity contribution >= 4 is 6.09 Å². The lowest BCUT2D eigenvalue weighted by Crippen LogP contribution is -2.30. The van der Waals surface area contributed by atoms with Gasteiger partial charge in [-0.25, -0.2) is 4.79 Å². The Labute approximate surface area is 90.4 Å². The standard InChI is InChI=1S/C12H17NO2/c1-9(2)13-12(14)15-8-11-7-5-4-6-10(11)3/h4-7,9H,8H2,1-3H3,(H,13,14). The summed E-state index contributed by atoms with van der Waals surface area (Å²) in [4.78, 5) is 11.2. The van der Waals surface area contributed by atoms with Crippen molar-refractivity contribution in [2.75, 3.05) is 0 Å². The minimum absolute atomic E-state index is 0.106. The first-order valence-corrected chi connectivity index (χ1v) is 5.07. The van der Waals surface area contributed by atoms with Gasteiger partial charge in [0, 0.05) is 6.04 Å². The Kier molecular flexibility index (Phi) is 4.16. The highest BCUT2D eigenvalue weighted by Gasteiger charge is 2.04. The van der Waals surface area contributed by atoms with Gasteiger partial charge < -0.3 is 10.1 Å². The minimum atomic E-state index is -0.367. The third-order valence-corrected chi connectivity index (χ3v) is 2.03. The van der Waals surface area contributed by atoms with E-state index < -0.39 is 0 Å². The fraction of sp³-hybridized carbons (Fsp3) is 0.417. The lowest BCUT2D eigenvalue weighted by molar-refractivity contribution is 0.137. The first-order valence-electron chi connectivity index (χ1n) is 5.07. The van der Waals surface area contributed by atoms with Gasteiger partial charge in [0.05, 0.1) is 0 Å². The maximum Gasteiger partial charge on any atom is 0.407 e. The summed E-state index contributed by atoms with van der Waals surface area (Å²) in [6.07, 6.45) is -0.367. The smallest absolute Gasteiger partial charge is 0.407 e. The van der Waals surface area contributed by atoms with Gasteiger partial charge in [-0.3, -0.25) is 0 Å². The van der Waals surface area contributed by atoms with E-state index in [1.54, 1.807) is 0 Å². The van der Waals surface area contributed by atoms with Gasteiger partial charge in [0.15, 0.2) is 0 Å². The van der Waals surface area contributed by atoms with E-state index >= 15 is 0 Å². The fourth-order valence-electron chi connectivity index (χ4n) is 1.19. The number of carbonyl (C=O) groups is 1. The Balaban J connectivity index is 2.44. The van der Waals surface area contributed by atoms with Crippen LogP contribution in [-0.2, 0) is 11.3 Å². The van der Waals surface area contributed by atoms with Gasteiger partial charge in [0.25, 0.3) is 0 Å². The summed E-state index contributed by atoms with van der Waals surface area (Å²) in [6.45, 7) is 6.12. The molecule has 0 saturated heterocycles. The predicted octanol–water partition coefficient (Wildman–Crippen LogP) is 2.63. The molecule has 0 saturated carbocycles. The first-order chi connectivity index (χ1) is 7.09. The molecule has 1 N–H and O–H groups in total. The molecule has 0 bridgehead atoms. The van der Waals surface area contributed by atoms with Crippen molar-refractivity contribution in [3.8, 4) is 0 Å². The average molecular weight is 207 g/mol. The number of ether oxygens (including phenoxy) is 1. The van der Waals surface area contributed by atoms with Gasteiger partial charge in [0.2, 0.25) is 0 Å². The Morgan fingerprint density at radius 1 is 1.40 bits per heavy atom. The molecule has 0 aliphatic carbocycles. The van der Waals surface area contributed by atoms with Gasteiger partial charge in [0.1, 0.15) is 6.61 Å². The average Bonchev–Trinajstić information content (AvgIpc) is 2.15. The lowest BCUT2D eigenvalue weighted by Gasteiger charge is -2.10. The second-order valence-electron chi connectivity index (χ2n) is 3.80. The number of aryl methyl sites for hydroxylation is 1. The first kappa shape index (κ1) is 11.6. The summed E-state index contributed by atoms with van der Waals surface area (Å²) in [5.74, 6) is 0. The summed E-state index contributed by atoms with van der Waals surface area (Å²) < 4.78 is 5.07. The largest absolute Gasteiger partial charge is 0.445 e. The Bertz CT molecular complexity index is 334. The highest BCUT2D eigenvalue weighted by atomic mass is 16.5. The van der Waals surface area contributed by atoms with Crippen LogP contribution in [-0.4, -0.2) is 12.1 Å². The van der Waals surface area contributed by atoms with Crippen molar-refractivity contribution in [3.05, 3.63) is 35.4 Å². The van der Waals surface area contributed by atoms with Crippen LogP contribution in [0, 0.1) is 6.92 Å². The molecule has 82 valence electrons. The zero-order valence-electron chi connectivity index (χ0n) is 9.41. The summed E-state index contributed by atoms with van der Waals surface area (Å²) >= 11 is 0. The van der Waals surface area contributed by atoms with Crippen molar-refractivity contribution in [1.82, 2.24) is 5.32 Å². The molecule has 1 amide bonds. The highest BCUT2D eigenvalue weighted by Crippen LogP contribution is 2.08. The van der Waals surface area contributed by atoms with Crippen LogP contribution >= 0.6 is 0 Å². The number of hydrogen-bond donors (Lipinski definition) is 1. The quantitative estimate of drug-likeness (QED) is 0.827. The monoisotopic (exact) mass is 207 g/mol. The normalized spacial score (nSPS) is 10.1. The third-order valence-electron chi connectivity index (χ3n) is 2.03. The van der Waals surface area contributed by atoms with Gasteiger partial charge in [-0.2, -0.15) is 0 Å². The van der Waals surface area contributed by atoms with Crippen molar-refractivity contribution in [1.29, 1.82) is 0 Å². The molecule has 15 heavy (non-hydrogen) atoms. The molecule has 0 radical (unpaired) electrons. The Morgan fingerprint density at radius 2 is 2.07 bits per heavy atom. The fourth-order valence-corrected chi connectivity index (χ4v) is 1.19. The van der Waals surface area contributed by atoms with Crippen molar-refractivity contribution in [3.63, 3.8) is 0 Å². The van der Waals surface area contributed by atoms with E-state index in [1.165, 1.54) is 0 Å². The van der Waals surface area contributed by atoms with E-state index in [9.17, 15) is 4.79 Å². The lowest BCUT2D eigenvalue weighted by atomic mass is 10.1. The molecule has 1 aromatic rings. The summed E-state index contributed by atoms with van der Waals surface area (Å²) in [5, 5.41) is 2.67. The van der Waals surface area contributed by atoms with E-state index in [1.807, 2.05) is 45.0 Å². The predicted molar refractivity (Wildman–Crippen MR) is 59.6 cm³/mol. The van der Waals surface area contributed by atoms with Crippen LogP contribution in [0.25, 0.3) is 0 Å². The molecule has 0 spiro atoms. The van der Waals surface area contributed by atoms with E-state index in [2.05, 4.69) is 5.32 Å². The van der Waals surface area contributed by atoms with Crippen molar-refractivity contribution in [2.24, 2.45) is 0 Å². The maximum absolute atomic E-state index is 11.2. The number of alkyl carbamates (subject to hydrolysis) is 1. The van der Waals surface area contributed by atoms with E-state index in [0.717, 1.165) is 11.1 Å². The summed E-state index contributed by atoms with van der Waals surface area (Å²) in [7, 11) is 0. The van der Waals surface area contributed by atoms with Gasteiger partial charge in [-0.1, -0.05) is 24.3 Å². The topological polar surface area (TPSA) is 38.3 Å². The van der Waals surface area contributed by atoms with Crippen LogP contribution in [0.5, 0.6) is 0 Å². The highest BCUT2D eigenvalue weighted by molar-refractivity contribution is 5.67. The van der Waals surface area contributed by atoms with Gasteiger partial charge in [-0.05, 0) is 31.9 Å². The molecule has 0 heterocycles. The second kappa shape index (κ2) is 5.39. The van der Waals surface area contributed by atoms with Crippen molar-refractivity contribution in [2.45, 2.75) is 33.4 Å². The number of rotatable bonds is 3. The number of benzene rings is 1. The molecular weight excluding hydrogens is 190 g/mol. The van der Waals surface area contributed by atoms with Gasteiger partial charge in [-0.15, -0.1) is 0 Å². The van der Waals surface area contributed by atoms with Crippen LogP contribution < -0.4 is 5.32 Å². The Hall–Kier alpha value is -1.51. The molecule has 1 aromatic carbocycles. The van der Waals surface area contributed by atoms with Crippen LogP contribution in [0.1, 0.15) is 25.0 Å².